The van der Waals surface area contributed by atoms with Crippen LogP contribution in [-0.2, 0) is 4.79 Å². The molecule has 27 heavy (non-hydrogen) atoms. The highest BCUT2D eigenvalue weighted by molar-refractivity contribution is 5.73. The average molecular weight is 371 g/mol. The maximum Gasteiger partial charge on any atom is 0.219 e. The fourth-order valence-corrected chi connectivity index (χ4v) is 4.35. The second-order valence-corrected chi connectivity index (χ2v) is 8.73. The number of rotatable bonds is 5. The Bertz CT molecular complexity index is 670. The molecule has 148 valence electrons. The number of benzene rings is 1. The number of carbonyl (C=O) groups is 1. The van der Waals surface area contributed by atoms with E-state index in [0.717, 1.165) is 32.5 Å². The summed E-state index contributed by atoms with van der Waals surface area (Å²) in [7, 11) is 0. The molecule has 0 unspecified atom stereocenters. The predicted molar refractivity (Wildman–Crippen MR) is 110 cm³/mol. The molecule has 2 aliphatic rings. The third-order valence-corrected chi connectivity index (χ3v) is 6.17. The van der Waals surface area contributed by atoms with Crippen LogP contribution in [0.2, 0.25) is 0 Å². The molecule has 0 bridgehead atoms. The van der Waals surface area contributed by atoms with Crippen LogP contribution in [-0.4, -0.2) is 59.1 Å². The van der Waals surface area contributed by atoms with Gasteiger partial charge in [0.1, 0.15) is 0 Å². The van der Waals surface area contributed by atoms with Crippen molar-refractivity contribution in [3.05, 3.63) is 42.0 Å². The Hall–Kier alpha value is -1.65. The molecule has 3 rings (SSSR count). The molecule has 1 aromatic carbocycles. The van der Waals surface area contributed by atoms with E-state index in [1.807, 2.05) is 4.90 Å². The normalized spacial score (nSPS) is 26.9. The van der Waals surface area contributed by atoms with E-state index in [9.17, 15) is 9.90 Å². The van der Waals surface area contributed by atoms with Gasteiger partial charge in [-0.2, -0.15) is 0 Å². The van der Waals surface area contributed by atoms with E-state index in [4.69, 9.17) is 0 Å². The van der Waals surface area contributed by atoms with Crippen molar-refractivity contribution in [1.29, 1.82) is 0 Å². The summed E-state index contributed by atoms with van der Waals surface area (Å²) >= 11 is 0. The molecule has 4 nitrogen and oxygen atoms in total. The zero-order chi connectivity index (χ0) is 19.4. The molecule has 0 radical (unpaired) electrons. The minimum absolute atomic E-state index is 0.121. The number of likely N-dealkylation sites (tertiary alicyclic amines) is 2. The third kappa shape index (κ3) is 4.99. The molecular formula is C23H34N2O2. The van der Waals surface area contributed by atoms with Gasteiger partial charge in [-0.25, -0.2) is 0 Å². The minimum Gasteiger partial charge on any atom is -0.389 e. The van der Waals surface area contributed by atoms with Crippen LogP contribution >= 0.6 is 0 Å². The van der Waals surface area contributed by atoms with E-state index in [-0.39, 0.29) is 11.8 Å². The Morgan fingerprint density at radius 1 is 1.22 bits per heavy atom. The third-order valence-electron chi connectivity index (χ3n) is 6.17. The van der Waals surface area contributed by atoms with Gasteiger partial charge < -0.3 is 10.0 Å². The molecule has 0 spiro atoms. The van der Waals surface area contributed by atoms with Gasteiger partial charge in [-0.05, 0) is 36.3 Å². The standard InChI is InChI=1S/C23H34N2O2/c1-18(2)9-10-21(20-7-5-4-6-8-20)15-24-13-11-23(27)12-14-25(19(3)26)17-22(23)16-24/h4-8,10,18,22,27H,9,11-17H2,1-3H3/b21-10+/t22-,23-/m1/s1. The summed E-state index contributed by atoms with van der Waals surface area (Å²) in [6.07, 6.45) is 4.96. The van der Waals surface area contributed by atoms with E-state index in [1.165, 1.54) is 11.1 Å². The van der Waals surface area contributed by atoms with Gasteiger partial charge in [-0.3, -0.25) is 9.69 Å². The second kappa shape index (κ2) is 8.57. The molecule has 4 heteroatoms. The summed E-state index contributed by atoms with van der Waals surface area (Å²) in [5, 5.41) is 11.1. The predicted octanol–water partition coefficient (Wildman–Crippen LogP) is 3.42. The Morgan fingerprint density at radius 2 is 1.93 bits per heavy atom. The van der Waals surface area contributed by atoms with Crippen LogP contribution < -0.4 is 0 Å². The molecule has 0 aliphatic carbocycles. The van der Waals surface area contributed by atoms with E-state index < -0.39 is 5.60 Å². The van der Waals surface area contributed by atoms with Crippen molar-refractivity contribution in [1.82, 2.24) is 9.80 Å². The summed E-state index contributed by atoms with van der Waals surface area (Å²) in [5.41, 5.74) is 2.05. The smallest absolute Gasteiger partial charge is 0.219 e. The van der Waals surface area contributed by atoms with E-state index in [0.29, 0.717) is 25.4 Å². The van der Waals surface area contributed by atoms with Crippen molar-refractivity contribution < 1.29 is 9.90 Å². The molecule has 1 N–H and O–H groups in total. The van der Waals surface area contributed by atoms with Gasteiger partial charge in [0, 0.05) is 45.6 Å². The van der Waals surface area contributed by atoms with Gasteiger partial charge in [-0.15, -0.1) is 0 Å². The highest BCUT2D eigenvalue weighted by Crippen LogP contribution is 2.36. The van der Waals surface area contributed by atoms with Gasteiger partial charge in [0.25, 0.3) is 0 Å². The number of carbonyl (C=O) groups excluding carboxylic acids is 1. The van der Waals surface area contributed by atoms with E-state index in [2.05, 4.69) is 55.2 Å². The van der Waals surface area contributed by atoms with Crippen LogP contribution in [0.5, 0.6) is 0 Å². The van der Waals surface area contributed by atoms with Crippen LogP contribution in [0.25, 0.3) is 5.57 Å². The first kappa shape index (κ1) is 20.1. The summed E-state index contributed by atoms with van der Waals surface area (Å²) < 4.78 is 0. The lowest BCUT2D eigenvalue weighted by molar-refractivity contribution is -0.144. The Kier molecular flexibility index (Phi) is 6.38. The molecule has 2 fully saturated rings. The number of amides is 1. The molecule has 2 atom stereocenters. The lowest BCUT2D eigenvalue weighted by Gasteiger charge is -2.50. The first-order chi connectivity index (χ1) is 12.9. The number of piperidine rings is 2. The summed E-state index contributed by atoms with van der Waals surface area (Å²) in [6.45, 7) is 10.2. The highest BCUT2D eigenvalue weighted by atomic mass is 16.3. The van der Waals surface area contributed by atoms with Gasteiger partial charge in [-0.1, -0.05) is 50.3 Å². The number of nitrogens with zero attached hydrogens (tertiary/aromatic N) is 2. The fraction of sp³-hybridized carbons (Fsp3) is 0.609. The molecule has 2 heterocycles. The van der Waals surface area contributed by atoms with Crippen molar-refractivity contribution in [2.75, 3.05) is 32.7 Å². The van der Waals surface area contributed by atoms with Crippen LogP contribution in [0.1, 0.15) is 45.6 Å². The minimum atomic E-state index is -0.600. The van der Waals surface area contributed by atoms with Crippen molar-refractivity contribution in [3.8, 4) is 0 Å². The van der Waals surface area contributed by atoms with E-state index in [1.54, 1.807) is 6.92 Å². The summed E-state index contributed by atoms with van der Waals surface area (Å²) in [6, 6.07) is 10.6. The topological polar surface area (TPSA) is 43.8 Å². The van der Waals surface area contributed by atoms with Crippen molar-refractivity contribution in [2.45, 2.75) is 45.6 Å². The van der Waals surface area contributed by atoms with Crippen LogP contribution in [0.15, 0.2) is 36.4 Å². The number of hydrogen-bond donors (Lipinski definition) is 1. The van der Waals surface area contributed by atoms with Crippen LogP contribution in [0, 0.1) is 11.8 Å². The first-order valence-electron chi connectivity index (χ1n) is 10.3. The zero-order valence-electron chi connectivity index (χ0n) is 17.0. The fourth-order valence-electron chi connectivity index (χ4n) is 4.35. The molecule has 1 amide bonds. The second-order valence-electron chi connectivity index (χ2n) is 8.73. The van der Waals surface area contributed by atoms with Gasteiger partial charge in [0.2, 0.25) is 5.91 Å². The van der Waals surface area contributed by atoms with Crippen LogP contribution in [0.4, 0.5) is 0 Å². The monoisotopic (exact) mass is 370 g/mol. The number of hydrogen-bond acceptors (Lipinski definition) is 3. The Morgan fingerprint density at radius 3 is 2.59 bits per heavy atom. The molecule has 0 saturated carbocycles. The van der Waals surface area contributed by atoms with Gasteiger partial charge in [0.15, 0.2) is 0 Å². The van der Waals surface area contributed by atoms with Crippen molar-refractivity contribution >= 4 is 11.5 Å². The molecule has 2 saturated heterocycles. The lowest BCUT2D eigenvalue weighted by atomic mass is 9.75. The molecule has 1 aromatic rings. The number of fused-ring (bicyclic) bond motifs is 1. The van der Waals surface area contributed by atoms with Gasteiger partial charge in [0.05, 0.1) is 5.60 Å². The largest absolute Gasteiger partial charge is 0.389 e. The average Bonchev–Trinajstić information content (AvgIpc) is 2.65. The maximum absolute atomic E-state index is 11.8. The lowest BCUT2D eigenvalue weighted by Crippen LogP contribution is -2.60. The quantitative estimate of drug-likeness (QED) is 0.864. The van der Waals surface area contributed by atoms with E-state index >= 15 is 0 Å². The van der Waals surface area contributed by atoms with Gasteiger partial charge >= 0.3 is 0 Å². The maximum atomic E-state index is 11.8. The Balaban J connectivity index is 1.71. The Labute approximate surface area is 163 Å². The molecular weight excluding hydrogens is 336 g/mol. The number of aliphatic hydroxyl groups is 1. The number of allylic oxidation sites excluding steroid dienone is 1. The first-order valence-corrected chi connectivity index (χ1v) is 10.3. The highest BCUT2D eigenvalue weighted by Gasteiger charge is 2.45. The SMILES string of the molecule is CC(=O)N1CC[C@]2(O)CCN(C/C(=C\CC(C)C)c3ccccc3)C[C@@H]2C1. The molecule has 2 aliphatic heterocycles. The van der Waals surface area contributed by atoms with Crippen LogP contribution in [0.3, 0.4) is 0 Å². The van der Waals surface area contributed by atoms with Crippen molar-refractivity contribution in [2.24, 2.45) is 11.8 Å². The molecule has 0 aromatic heterocycles. The summed E-state index contributed by atoms with van der Waals surface area (Å²) in [5.74, 6) is 0.902. The van der Waals surface area contributed by atoms with Crippen molar-refractivity contribution in [3.63, 3.8) is 0 Å². The zero-order valence-corrected chi connectivity index (χ0v) is 17.0. The summed E-state index contributed by atoms with van der Waals surface area (Å²) in [4.78, 5) is 16.2.